The van der Waals surface area contributed by atoms with Gasteiger partial charge in [0.15, 0.2) is 0 Å². The Bertz CT molecular complexity index is 478. The number of nitrogens with one attached hydrogen (secondary N) is 2. The molecule has 20 heavy (non-hydrogen) atoms. The summed E-state index contributed by atoms with van der Waals surface area (Å²) in [5.41, 5.74) is 8.78. The lowest BCUT2D eigenvalue weighted by atomic mass is 9.91. The molecule has 1 aliphatic carbocycles. The molecule has 1 aromatic heterocycles. The molecule has 0 bridgehead atoms. The van der Waals surface area contributed by atoms with E-state index < -0.39 is 0 Å². The predicted molar refractivity (Wildman–Crippen MR) is 84.2 cm³/mol. The Morgan fingerprint density at radius 2 is 2.00 bits per heavy atom. The van der Waals surface area contributed by atoms with Crippen LogP contribution in [0.1, 0.15) is 31.2 Å². The molecular weight excluding hydrogens is 248 g/mol. The van der Waals surface area contributed by atoms with E-state index in [-0.39, 0.29) is 6.04 Å². The van der Waals surface area contributed by atoms with Crippen molar-refractivity contribution in [3.8, 4) is 0 Å². The van der Waals surface area contributed by atoms with Crippen molar-refractivity contribution in [2.75, 3.05) is 5.32 Å². The molecule has 0 saturated heterocycles. The summed E-state index contributed by atoms with van der Waals surface area (Å²) in [6.07, 6.45) is 6.43. The van der Waals surface area contributed by atoms with Crippen molar-refractivity contribution < 1.29 is 0 Å². The molecule has 1 heterocycles. The first-order valence-corrected chi connectivity index (χ1v) is 7.16. The Hall–Kier alpha value is -1.81. The number of hydrogen-bond acceptors (Lipinski definition) is 4. The molecule has 0 spiro atoms. The van der Waals surface area contributed by atoms with Crippen molar-refractivity contribution >= 4 is 5.82 Å². The van der Waals surface area contributed by atoms with Gasteiger partial charge in [0, 0.05) is 18.3 Å². The largest absolute Gasteiger partial charge is 0.380 e. The normalized spacial score (nSPS) is 22.1. The fraction of sp³-hybridized carbons (Fsp3) is 0.438. The van der Waals surface area contributed by atoms with Crippen molar-refractivity contribution in [3.63, 3.8) is 0 Å². The van der Waals surface area contributed by atoms with Crippen molar-refractivity contribution in [2.45, 2.75) is 44.7 Å². The lowest BCUT2D eigenvalue weighted by Gasteiger charge is -2.31. The second-order valence-corrected chi connectivity index (χ2v) is 5.50. The lowest BCUT2D eigenvalue weighted by molar-refractivity contribution is 0.348. The second kappa shape index (κ2) is 6.57. The zero-order chi connectivity index (χ0) is 14.5. The van der Waals surface area contributed by atoms with Crippen LogP contribution in [0.4, 0.5) is 5.82 Å². The second-order valence-electron chi connectivity index (χ2n) is 5.50. The zero-order valence-corrected chi connectivity index (χ0v) is 12.2. The summed E-state index contributed by atoms with van der Waals surface area (Å²) in [6, 6.07) is 4.43. The predicted octanol–water partition coefficient (Wildman–Crippen LogP) is 2.69. The van der Waals surface area contributed by atoms with Crippen LogP contribution in [-0.4, -0.2) is 17.1 Å². The topological polar surface area (TPSA) is 63.0 Å². The lowest BCUT2D eigenvalue weighted by Crippen LogP contribution is -2.46. The third kappa shape index (κ3) is 3.84. The molecule has 1 saturated carbocycles. The van der Waals surface area contributed by atoms with Crippen molar-refractivity contribution in [1.82, 2.24) is 10.3 Å². The maximum absolute atomic E-state index is 6.13. The standard InChI is InChI=1S/C16H24N4/c1-11-8-9-16(18-10-11)20-13(3)12(2)19-15-7-5-4-6-14(15)17/h8-10,14-15,19H,2-7,17H2,1H3,(H,18,20)/t14-,15+/m1/s1. The van der Waals surface area contributed by atoms with Crippen molar-refractivity contribution in [2.24, 2.45) is 5.73 Å². The van der Waals surface area contributed by atoms with Gasteiger partial charge >= 0.3 is 0 Å². The summed E-state index contributed by atoms with van der Waals surface area (Å²) in [4.78, 5) is 4.30. The first kappa shape index (κ1) is 14.6. The highest BCUT2D eigenvalue weighted by Crippen LogP contribution is 2.19. The van der Waals surface area contributed by atoms with Crippen LogP contribution < -0.4 is 16.4 Å². The molecule has 0 aliphatic heterocycles. The van der Waals surface area contributed by atoms with E-state index in [4.69, 9.17) is 5.73 Å². The van der Waals surface area contributed by atoms with Gasteiger partial charge in [-0.3, -0.25) is 0 Å². The van der Waals surface area contributed by atoms with Gasteiger partial charge < -0.3 is 16.4 Å². The molecule has 0 amide bonds. The fourth-order valence-corrected chi connectivity index (χ4v) is 2.42. The summed E-state index contributed by atoms with van der Waals surface area (Å²) in [7, 11) is 0. The number of aromatic nitrogens is 1. The van der Waals surface area contributed by atoms with Crippen LogP contribution in [0.25, 0.3) is 0 Å². The number of pyridine rings is 1. The van der Waals surface area contributed by atoms with Crippen LogP contribution in [0, 0.1) is 6.92 Å². The Kier molecular flexibility index (Phi) is 4.79. The molecule has 0 radical (unpaired) electrons. The molecule has 0 aromatic carbocycles. The Balaban J connectivity index is 1.88. The Morgan fingerprint density at radius 3 is 2.65 bits per heavy atom. The molecule has 4 heteroatoms. The van der Waals surface area contributed by atoms with Gasteiger partial charge in [-0.2, -0.15) is 0 Å². The molecule has 1 aliphatic rings. The maximum atomic E-state index is 6.13. The van der Waals surface area contributed by atoms with Crippen molar-refractivity contribution in [1.29, 1.82) is 0 Å². The quantitative estimate of drug-likeness (QED) is 0.721. The molecule has 4 N–H and O–H groups in total. The zero-order valence-electron chi connectivity index (χ0n) is 12.2. The van der Waals surface area contributed by atoms with Crippen LogP contribution in [0.2, 0.25) is 0 Å². The average Bonchev–Trinajstić information content (AvgIpc) is 2.44. The number of rotatable bonds is 5. The summed E-state index contributed by atoms with van der Waals surface area (Å²) in [5, 5.41) is 6.56. The van der Waals surface area contributed by atoms with E-state index in [0.29, 0.717) is 6.04 Å². The van der Waals surface area contributed by atoms with E-state index in [1.165, 1.54) is 12.8 Å². The van der Waals surface area contributed by atoms with Crippen LogP contribution in [0.3, 0.4) is 0 Å². The smallest absolute Gasteiger partial charge is 0.130 e. The molecule has 0 unspecified atom stereocenters. The maximum Gasteiger partial charge on any atom is 0.130 e. The number of nitrogens with zero attached hydrogens (tertiary/aromatic N) is 1. The van der Waals surface area contributed by atoms with Gasteiger partial charge in [-0.25, -0.2) is 4.98 Å². The van der Waals surface area contributed by atoms with Gasteiger partial charge in [0.25, 0.3) is 0 Å². The summed E-state index contributed by atoms with van der Waals surface area (Å²) < 4.78 is 0. The van der Waals surface area contributed by atoms with E-state index in [1.54, 1.807) is 0 Å². The molecule has 4 nitrogen and oxygen atoms in total. The highest BCUT2D eigenvalue weighted by Gasteiger charge is 2.22. The highest BCUT2D eigenvalue weighted by molar-refractivity contribution is 5.46. The van der Waals surface area contributed by atoms with Gasteiger partial charge in [0.2, 0.25) is 0 Å². The van der Waals surface area contributed by atoms with E-state index >= 15 is 0 Å². The van der Waals surface area contributed by atoms with E-state index in [2.05, 4.69) is 28.8 Å². The molecular formula is C16H24N4. The average molecular weight is 272 g/mol. The molecule has 1 fully saturated rings. The molecule has 2 rings (SSSR count). The molecule has 108 valence electrons. The van der Waals surface area contributed by atoms with E-state index in [0.717, 1.165) is 35.6 Å². The SMILES string of the molecule is C=C(Nc1ccc(C)cn1)C(=C)N[C@H]1CCCC[C@H]1N. The monoisotopic (exact) mass is 272 g/mol. The third-order valence-electron chi connectivity index (χ3n) is 3.73. The Morgan fingerprint density at radius 1 is 1.25 bits per heavy atom. The van der Waals surface area contributed by atoms with E-state index in [1.807, 2.05) is 25.3 Å². The molecule has 2 atom stereocenters. The third-order valence-corrected chi connectivity index (χ3v) is 3.73. The summed E-state index contributed by atoms with van der Waals surface area (Å²) in [5.74, 6) is 0.775. The number of aryl methyl sites for hydroxylation is 1. The van der Waals surface area contributed by atoms with Gasteiger partial charge in [0.1, 0.15) is 5.82 Å². The van der Waals surface area contributed by atoms with Gasteiger partial charge in [-0.05, 0) is 31.4 Å². The first-order valence-electron chi connectivity index (χ1n) is 7.16. The Labute approximate surface area is 121 Å². The first-order chi connectivity index (χ1) is 9.56. The van der Waals surface area contributed by atoms with Crippen LogP contribution in [-0.2, 0) is 0 Å². The highest BCUT2D eigenvalue weighted by atomic mass is 15.1. The summed E-state index contributed by atoms with van der Waals surface area (Å²) >= 11 is 0. The van der Waals surface area contributed by atoms with Gasteiger partial charge in [-0.15, -0.1) is 0 Å². The van der Waals surface area contributed by atoms with Gasteiger partial charge in [0.05, 0.1) is 11.4 Å². The fourth-order valence-electron chi connectivity index (χ4n) is 2.42. The van der Waals surface area contributed by atoms with E-state index in [9.17, 15) is 0 Å². The van der Waals surface area contributed by atoms with Crippen LogP contribution in [0.5, 0.6) is 0 Å². The minimum absolute atomic E-state index is 0.200. The van der Waals surface area contributed by atoms with Crippen LogP contribution in [0.15, 0.2) is 42.9 Å². The minimum atomic E-state index is 0.200. The van der Waals surface area contributed by atoms with Crippen molar-refractivity contribution in [3.05, 3.63) is 48.4 Å². The number of anilines is 1. The number of hydrogen-bond donors (Lipinski definition) is 3. The van der Waals surface area contributed by atoms with Crippen LogP contribution >= 0.6 is 0 Å². The number of nitrogens with two attached hydrogens (primary N) is 1. The van der Waals surface area contributed by atoms with Gasteiger partial charge in [-0.1, -0.05) is 32.1 Å². The molecule has 1 aromatic rings. The minimum Gasteiger partial charge on any atom is -0.380 e. The summed E-state index contributed by atoms with van der Waals surface area (Å²) in [6.45, 7) is 10.1.